The van der Waals surface area contributed by atoms with Gasteiger partial charge in [0.05, 0.1) is 36.3 Å². The predicted molar refractivity (Wildman–Crippen MR) is 146 cm³/mol. The minimum absolute atomic E-state index is 0. The van der Waals surface area contributed by atoms with Gasteiger partial charge in [0.15, 0.2) is 0 Å². The summed E-state index contributed by atoms with van der Waals surface area (Å²) in [7, 11) is 0. The summed E-state index contributed by atoms with van der Waals surface area (Å²) in [5.41, 5.74) is 0.0904. The van der Waals surface area contributed by atoms with E-state index < -0.39 is 36.0 Å². The molecular weight excluding hydrogens is 586 g/mol. The number of carboxylic acid groups (broad SMARTS) is 2. The quantitative estimate of drug-likeness (QED) is 0.232. The molecule has 2 amide bonds. The number of aliphatic hydroxyl groups excluding tert-OH is 2. The van der Waals surface area contributed by atoms with Gasteiger partial charge in [0.25, 0.3) is 0 Å². The number of β-lactam (4-membered cyclic amide) rings is 2. The van der Waals surface area contributed by atoms with Crippen LogP contribution >= 0.6 is 23.5 Å². The third-order valence-electron chi connectivity index (χ3n) is 7.50. The number of hydrogen-bond acceptors (Lipinski definition) is 10. The van der Waals surface area contributed by atoms with Gasteiger partial charge in [-0.2, -0.15) is 0 Å². The van der Waals surface area contributed by atoms with E-state index >= 15 is 0 Å². The minimum atomic E-state index is -1.10. The largest absolute Gasteiger partial charge is 0.477 e. The number of thioether (sulfide) groups is 2. The first kappa shape index (κ1) is 34.4. The number of amides is 2. The van der Waals surface area contributed by atoms with Crippen LogP contribution in [0, 0.1) is 11.8 Å². The number of ether oxygens (including phenoxy) is 2. The van der Waals surface area contributed by atoms with Gasteiger partial charge in [-0.1, -0.05) is 23.5 Å². The first-order chi connectivity index (χ1) is 18.0. The average Bonchev–Trinajstić information content (AvgIpc) is 3.61. The molecule has 2 radical (unpaired) electrons. The molecule has 6 heterocycles. The van der Waals surface area contributed by atoms with Crippen LogP contribution in [0.2, 0.25) is 0 Å². The maximum absolute atomic E-state index is 12.0. The first-order valence-electron chi connectivity index (χ1n) is 12.6. The van der Waals surface area contributed by atoms with E-state index in [2.05, 4.69) is 0 Å². The molecule has 0 saturated carbocycles. The fourth-order valence-corrected chi connectivity index (χ4v) is 9.04. The molecule has 0 aromatic carbocycles. The molecule has 0 aromatic heterocycles. The zero-order valence-electron chi connectivity index (χ0n) is 22.8. The van der Waals surface area contributed by atoms with Crippen molar-refractivity contribution in [2.75, 3.05) is 13.2 Å². The maximum atomic E-state index is 12.0. The molecule has 0 aromatic rings. The Balaban J connectivity index is 0.000000210. The van der Waals surface area contributed by atoms with Gasteiger partial charge in [-0.15, -0.1) is 0 Å². The Morgan fingerprint density at radius 3 is 1.38 bits per heavy atom. The van der Waals surface area contributed by atoms with E-state index in [0.717, 1.165) is 25.7 Å². The molecule has 6 aliphatic heterocycles. The number of aliphatic carboxylic acids is 2. The molecule has 12 nitrogen and oxygen atoms in total. The van der Waals surface area contributed by atoms with E-state index in [1.54, 1.807) is 13.8 Å². The second-order valence-electron chi connectivity index (χ2n) is 10.0. The molecule has 4 fully saturated rings. The molecule has 8 atom stereocenters. The molecule has 40 heavy (non-hydrogen) atoms. The molecule has 0 bridgehead atoms. The number of aliphatic hydroxyl groups is 2. The number of nitrogens with zero attached hydrogens (tertiary/aromatic N) is 2. The van der Waals surface area contributed by atoms with Crippen LogP contribution in [0.1, 0.15) is 39.5 Å². The van der Waals surface area contributed by atoms with E-state index in [0.29, 0.717) is 23.0 Å². The van der Waals surface area contributed by atoms with E-state index in [9.17, 15) is 39.6 Å². The van der Waals surface area contributed by atoms with Crippen molar-refractivity contribution >= 4 is 106 Å². The Morgan fingerprint density at radius 1 is 0.775 bits per heavy atom. The molecule has 6 rings (SSSR count). The number of hydrogen-bond donors (Lipinski definition) is 4. The average molecular weight is 617 g/mol. The smallest absolute Gasteiger partial charge is 0.353 e. The Bertz CT molecular complexity index is 1030. The van der Waals surface area contributed by atoms with Crippen LogP contribution in [0.15, 0.2) is 21.2 Å². The molecule has 0 aliphatic carbocycles. The van der Waals surface area contributed by atoms with Gasteiger partial charge in [-0.05, 0) is 39.5 Å². The fourth-order valence-electron chi connectivity index (χ4n) is 5.64. The summed E-state index contributed by atoms with van der Waals surface area (Å²) < 4.78 is 11.1. The van der Waals surface area contributed by atoms with Crippen LogP contribution < -0.4 is 0 Å². The van der Waals surface area contributed by atoms with Crippen LogP contribution in [0.25, 0.3) is 0 Å². The van der Waals surface area contributed by atoms with Crippen LogP contribution in [-0.2, 0) is 28.7 Å². The first-order valence-corrected chi connectivity index (χ1v) is 14.3. The van der Waals surface area contributed by atoms with Crippen molar-refractivity contribution in [3.63, 3.8) is 0 Å². The van der Waals surface area contributed by atoms with Gasteiger partial charge in [-0.3, -0.25) is 19.4 Å². The van der Waals surface area contributed by atoms with Gasteiger partial charge < -0.3 is 29.9 Å². The number of carboxylic acids is 2. The summed E-state index contributed by atoms with van der Waals surface area (Å²) in [5.74, 6) is -3.84. The summed E-state index contributed by atoms with van der Waals surface area (Å²) >= 11 is 2.71. The van der Waals surface area contributed by atoms with Crippen molar-refractivity contribution < 1.29 is 49.1 Å². The summed E-state index contributed by atoms with van der Waals surface area (Å²) in [6, 6.07) is 0. The number of carbonyl (C=O) groups is 4. The van der Waals surface area contributed by atoms with Gasteiger partial charge >= 0.3 is 11.9 Å². The zero-order chi connectivity index (χ0) is 27.5. The second kappa shape index (κ2) is 13.7. The number of rotatable bonds is 6. The van der Waals surface area contributed by atoms with Gasteiger partial charge in [0.2, 0.25) is 11.8 Å². The van der Waals surface area contributed by atoms with Crippen molar-refractivity contribution in [2.45, 2.75) is 74.7 Å². The van der Waals surface area contributed by atoms with Gasteiger partial charge in [0.1, 0.15) is 22.1 Å². The second-order valence-corrected chi connectivity index (χ2v) is 12.3. The topological polar surface area (TPSA) is 174 Å². The summed E-state index contributed by atoms with van der Waals surface area (Å²) in [6.45, 7) is 4.37. The fraction of sp³-hybridized carbons (Fsp3) is 0.667. The van der Waals surface area contributed by atoms with Crippen molar-refractivity contribution in [2.24, 2.45) is 11.8 Å². The summed E-state index contributed by atoms with van der Waals surface area (Å²) in [6.07, 6.45) is 1.41. The van der Waals surface area contributed by atoms with Crippen LogP contribution in [0.3, 0.4) is 0 Å². The van der Waals surface area contributed by atoms with Crippen LogP contribution in [0.4, 0.5) is 0 Å². The van der Waals surface area contributed by atoms with E-state index in [1.165, 1.54) is 33.3 Å². The van der Waals surface area contributed by atoms with E-state index in [4.69, 9.17) is 9.47 Å². The van der Waals surface area contributed by atoms with Crippen molar-refractivity contribution in [3.8, 4) is 0 Å². The molecule has 210 valence electrons. The Morgan fingerprint density at radius 2 is 1.12 bits per heavy atom. The molecule has 4 saturated heterocycles. The molecule has 4 N–H and O–H groups in total. The van der Waals surface area contributed by atoms with Gasteiger partial charge in [-0.25, -0.2) is 9.59 Å². The Hall–Kier alpha value is -0.1000. The number of carbonyl (C=O) groups excluding carboxylic acids is 2. The third kappa shape index (κ3) is 5.85. The molecule has 16 heteroatoms. The number of fused-ring (bicyclic) bond motifs is 2. The van der Waals surface area contributed by atoms with Gasteiger partial charge in [0, 0.05) is 82.1 Å². The van der Waals surface area contributed by atoms with Crippen LogP contribution in [0.5, 0.6) is 0 Å². The predicted octanol–water partition coefficient (Wildman–Crippen LogP) is -0.0142. The van der Waals surface area contributed by atoms with E-state index in [1.807, 2.05) is 0 Å². The molecular formula is C24H30N2Na2O10S2. The van der Waals surface area contributed by atoms with Crippen molar-refractivity contribution in [1.29, 1.82) is 0 Å². The SMILES string of the molecule is C[C@@H](O)[C@H]1C(=O)N2C(C(=O)O)=C([C@H]3CCCO3)S[C@H]12.C[C@@H](O)[C@H]1C(=O)N2C(C(=O)O)=C([C@H]3CCCO3)S[C@H]12.[Na].[Na]. The van der Waals surface area contributed by atoms with Crippen molar-refractivity contribution in [1.82, 2.24) is 9.80 Å². The molecule has 0 spiro atoms. The Labute approximate surface area is 283 Å². The molecule has 6 aliphatic rings. The van der Waals surface area contributed by atoms with Crippen LogP contribution in [-0.4, -0.2) is 161 Å². The normalized spacial score (nSPS) is 33.6. The zero-order valence-corrected chi connectivity index (χ0v) is 28.4. The Kier molecular flexibility index (Phi) is 11.8. The van der Waals surface area contributed by atoms with E-state index in [-0.39, 0.29) is 105 Å². The maximum Gasteiger partial charge on any atom is 0.353 e. The molecule has 0 unspecified atom stereocenters. The minimum Gasteiger partial charge on any atom is -0.477 e. The summed E-state index contributed by atoms with van der Waals surface area (Å²) in [4.78, 5) is 50.6. The monoisotopic (exact) mass is 616 g/mol. The third-order valence-corrected chi connectivity index (χ3v) is 10.4. The standard InChI is InChI=1S/2C12H15NO5S.2Na/c2*1-5(14)7-10(15)13-8(12(16)17)9(19-11(7)13)6-3-2-4-18-6;;/h2*5-7,11,14H,2-4H2,1H3,(H,16,17);;/t2*5-,6-,7+,11-;;/m11../s1. The van der Waals surface area contributed by atoms with Crippen molar-refractivity contribution in [3.05, 3.63) is 21.2 Å². The summed E-state index contributed by atoms with van der Waals surface area (Å²) in [5, 5.41) is 37.3.